The van der Waals surface area contributed by atoms with E-state index in [-0.39, 0.29) is 0 Å². The Morgan fingerprint density at radius 1 is 1.83 bits per heavy atom. The zero-order valence-electron chi connectivity index (χ0n) is 6.45. The minimum absolute atomic E-state index is 0.600. The molecule has 0 radical (unpaired) electrons. The summed E-state index contributed by atoms with van der Waals surface area (Å²) >= 11 is 1.36. The molecular weight excluding hydrogens is 218 g/mol. The van der Waals surface area contributed by atoms with Gasteiger partial charge < -0.3 is 4.74 Å². The molecule has 1 heterocycles. The molecule has 1 rings (SSSR count). The third kappa shape index (κ3) is 2.82. The Kier molecular flexibility index (Phi) is 4.14. The maximum Gasteiger partial charge on any atom is 0.159 e. The van der Waals surface area contributed by atoms with Gasteiger partial charge in [-0.1, -0.05) is 0 Å². The van der Waals surface area contributed by atoms with Crippen LogP contribution < -0.4 is 0 Å². The first-order valence-corrected chi connectivity index (χ1v) is 6.05. The molecule has 0 aromatic carbocycles. The van der Waals surface area contributed by atoms with Crippen LogP contribution in [0.15, 0.2) is 10.4 Å². The van der Waals surface area contributed by atoms with Gasteiger partial charge in [-0.2, -0.15) is 0 Å². The normalized spacial score (nSPS) is 13.2. The number of hydrogen-bond donors (Lipinski definition) is 0. The summed E-state index contributed by atoms with van der Waals surface area (Å²) in [6.07, 6.45) is 2.29. The molecule has 3 nitrogen and oxygen atoms in total. The molecule has 0 aliphatic rings. The SMILES string of the molecule is COCCc1ncc(S(=O)Cl)s1. The maximum absolute atomic E-state index is 10.7. The summed E-state index contributed by atoms with van der Waals surface area (Å²) in [6.45, 7) is 0.627. The monoisotopic (exact) mass is 225 g/mol. The lowest BCUT2D eigenvalue weighted by Gasteiger charge is -1.91. The molecule has 0 amide bonds. The third-order valence-electron chi connectivity index (χ3n) is 1.21. The van der Waals surface area contributed by atoms with Crippen LogP contribution in [0.4, 0.5) is 0 Å². The van der Waals surface area contributed by atoms with Crippen molar-refractivity contribution in [1.82, 2.24) is 4.98 Å². The van der Waals surface area contributed by atoms with Crippen LogP contribution in [-0.4, -0.2) is 22.9 Å². The number of hydrogen-bond acceptors (Lipinski definition) is 4. The van der Waals surface area contributed by atoms with Crippen molar-refractivity contribution in [3.63, 3.8) is 0 Å². The van der Waals surface area contributed by atoms with Crippen molar-refractivity contribution in [3.8, 4) is 0 Å². The lowest BCUT2D eigenvalue weighted by Crippen LogP contribution is -1.92. The average Bonchev–Trinajstić information content (AvgIpc) is 2.48. The van der Waals surface area contributed by atoms with Gasteiger partial charge >= 0.3 is 0 Å². The number of halogens is 1. The van der Waals surface area contributed by atoms with E-state index >= 15 is 0 Å². The van der Waals surface area contributed by atoms with Crippen molar-refractivity contribution in [2.75, 3.05) is 13.7 Å². The van der Waals surface area contributed by atoms with E-state index in [4.69, 9.17) is 15.4 Å². The van der Waals surface area contributed by atoms with Gasteiger partial charge in [-0.05, 0) is 10.7 Å². The first-order chi connectivity index (χ1) is 5.74. The number of methoxy groups -OCH3 is 1. The van der Waals surface area contributed by atoms with Crippen molar-refractivity contribution < 1.29 is 8.95 Å². The fourth-order valence-electron chi connectivity index (χ4n) is 0.673. The van der Waals surface area contributed by atoms with Crippen LogP contribution in [0.25, 0.3) is 0 Å². The standard InChI is InChI=1S/C6H8ClNO2S2/c1-10-3-2-5-8-4-6(11-5)12(7)9/h4H,2-3H2,1H3. The molecule has 1 unspecified atom stereocenters. The highest BCUT2D eigenvalue weighted by atomic mass is 35.7. The highest BCUT2D eigenvalue weighted by Crippen LogP contribution is 2.19. The summed E-state index contributed by atoms with van der Waals surface area (Å²) in [5, 5.41) is 0.904. The number of ether oxygens (including phenoxy) is 1. The average molecular weight is 226 g/mol. The van der Waals surface area contributed by atoms with Gasteiger partial charge in [-0.15, -0.1) is 11.3 Å². The molecule has 0 aliphatic carbocycles. The summed E-state index contributed by atoms with van der Waals surface area (Å²) in [6, 6.07) is 0. The quantitative estimate of drug-likeness (QED) is 0.731. The summed E-state index contributed by atoms with van der Waals surface area (Å²) in [5.41, 5.74) is 0. The number of nitrogens with zero attached hydrogens (tertiary/aromatic N) is 1. The molecule has 0 fully saturated rings. The second-order valence-corrected chi connectivity index (χ2v) is 5.14. The zero-order valence-corrected chi connectivity index (χ0v) is 8.84. The summed E-state index contributed by atoms with van der Waals surface area (Å²) in [5.74, 6) is 0. The molecule has 1 aromatic heterocycles. The Morgan fingerprint density at radius 3 is 3.08 bits per heavy atom. The smallest absolute Gasteiger partial charge is 0.159 e. The van der Waals surface area contributed by atoms with Gasteiger partial charge in [-0.3, -0.25) is 0 Å². The molecule has 1 aromatic rings. The Balaban J connectivity index is 2.58. The van der Waals surface area contributed by atoms with Crippen molar-refractivity contribution in [2.45, 2.75) is 10.6 Å². The van der Waals surface area contributed by atoms with E-state index in [0.29, 0.717) is 10.8 Å². The van der Waals surface area contributed by atoms with E-state index in [1.807, 2.05) is 0 Å². The van der Waals surface area contributed by atoms with E-state index < -0.39 is 10.0 Å². The first kappa shape index (κ1) is 10.1. The molecule has 0 spiro atoms. The predicted octanol–water partition coefficient (Wildman–Crippen LogP) is 1.59. The molecule has 1 atom stereocenters. The summed E-state index contributed by atoms with van der Waals surface area (Å²) < 4.78 is 16.2. The van der Waals surface area contributed by atoms with Crippen molar-refractivity contribution in [3.05, 3.63) is 11.2 Å². The summed E-state index contributed by atoms with van der Waals surface area (Å²) in [4.78, 5) is 4.04. The molecule has 6 heteroatoms. The van der Waals surface area contributed by atoms with E-state index in [9.17, 15) is 4.21 Å². The largest absolute Gasteiger partial charge is 0.384 e. The molecule has 68 valence electrons. The topological polar surface area (TPSA) is 39.2 Å². The van der Waals surface area contributed by atoms with Crippen molar-refractivity contribution >= 4 is 32.0 Å². The van der Waals surface area contributed by atoms with Gasteiger partial charge in [0.1, 0.15) is 4.21 Å². The van der Waals surface area contributed by atoms with Crippen LogP contribution in [0.5, 0.6) is 0 Å². The van der Waals surface area contributed by atoms with Crippen LogP contribution in [0.1, 0.15) is 5.01 Å². The van der Waals surface area contributed by atoms with Crippen LogP contribution in [-0.2, 0) is 21.2 Å². The Morgan fingerprint density at radius 2 is 2.58 bits per heavy atom. The fraction of sp³-hybridized carbons (Fsp3) is 0.500. The zero-order chi connectivity index (χ0) is 8.97. The number of rotatable bonds is 4. The van der Waals surface area contributed by atoms with E-state index in [1.54, 1.807) is 13.3 Å². The van der Waals surface area contributed by atoms with Crippen molar-refractivity contribution in [2.24, 2.45) is 0 Å². The molecule has 0 saturated heterocycles. The Labute approximate surface area is 81.7 Å². The molecule has 0 saturated carbocycles. The lowest BCUT2D eigenvalue weighted by molar-refractivity contribution is 0.202. The van der Waals surface area contributed by atoms with Gasteiger partial charge in [0.05, 0.1) is 17.8 Å². The van der Waals surface area contributed by atoms with E-state index in [0.717, 1.165) is 11.4 Å². The van der Waals surface area contributed by atoms with Crippen LogP contribution >= 0.6 is 22.0 Å². The Bertz CT molecular complexity index is 276. The lowest BCUT2D eigenvalue weighted by atomic mass is 10.5. The van der Waals surface area contributed by atoms with Gasteiger partial charge in [0.25, 0.3) is 0 Å². The number of thiazole rings is 1. The van der Waals surface area contributed by atoms with Crippen LogP contribution in [0.2, 0.25) is 0 Å². The molecule has 0 bridgehead atoms. The van der Waals surface area contributed by atoms with E-state index in [2.05, 4.69) is 4.98 Å². The molecule has 0 aliphatic heterocycles. The van der Waals surface area contributed by atoms with Crippen LogP contribution in [0.3, 0.4) is 0 Å². The van der Waals surface area contributed by atoms with Gasteiger partial charge in [0.2, 0.25) is 0 Å². The maximum atomic E-state index is 10.7. The Hall–Kier alpha value is 0.0300. The fourth-order valence-corrected chi connectivity index (χ4v) is 2.39. The predicted molar refractivity (Wildman–Crippen MR) is 50.0 cm³/mol. The highest BCUT2D eigenvalue weighted by Gasteiger charge is 2.05. The first-order valence-electron chi connectivity index (χ1n) is 3.25. The molecule has 0 N–H and O–H groups in total. The van der Waals surface area contributed by atoms with Crippen LogP contribution in [0, 0.1) is 0 Å². The third-order valence-corrected chi connectivity index (χ3v) is 3.96. The van der Waals surface area contributed by atoms with Crippen molar-refractivity contribution in [1.29, 1.82) is 0 Å². The second kappa shape index (κ2) is 4.91. The summed E-state index contributed by atoms with van der Waals surface area (Å²) in [7, 11) is 5.57. The van der Waals surface area contributed by atoms with Gasteiger partial charge in [-0.25, -0.2) is 9.19 Å². The molecule has 12 heavy (non-hydrogen) atoms. The second-order valence-electron chi connectivity index (χ2n) is 2.04. The van der Waals surface area contributed by atoms with E-state index in [1.165, 1.54) is 11.3 Å². The highest BCUT2D eigenvalue weighted by molar-refractivity contribution is 8.09. The van der Waals surface area contributed by atoms with Gasteiger partial charge in [0, 0.05) is 13.5 Å². The number of aromatic nitrogens is 1. The van der Waals surface area contributed by atoms with Gasteiger partial charge in [0.15, 0.2) is 10.0 Å². The molecular formula is C6H8ClNO2S2. The minimum atomic E-state index is -1.43. The minimum Gasteiger partial charge on any atom is -0.384 e.